The summed E-state index contributed by atoms with van der Waals surface area (Å²) >= 11 is 2.03. The summed E-state index contributed by atoms with van der Waals surface area (Å²) in [4.78, 5) is 35.2. The van der Waals surface area contributed by atoms with Crippen LogP contribution in [0, 0.1) is 5.92 Å². The monoisotopic (exact) mass is 368 g/mol. The Hall–Kier alpha value is -0.860. The van der Waals surface area contributed by atoms with Gasteiger partial charge in [-0.05, 0) is 6.92 Å². The lowest BCUT2D eigenvalue weighted by molar-refractivity contribution is -0.171. The fourth-order valence-electron chi connectivity index (χ4n) is 2.38. The highest BCUT2D eigenvalue weighted by Gasteiger charge is 2.66. The molecule has 0 aromatic heterocycles. The first kappa shape index (κ1) is 13.6. The zero-order valence-corrected chi connectivity index (χ0v) is 12.0. The zero-order valence-electron chi connectivity index (χ0n) is 9.81. The Kier molecular flexibility index (Phi) is 3.79. The number of alkyl halides is 1. The van der Waals surface area contributed by atoms with E-state index in [0.29, 0.717) is 4.43 Å². The van der Waals surface area contributed by atoms with Gasteiger partial charge in [0.15, 0.2) is 0 Å². The van der Waals surface area contributed by atoms with Crippen LogP contribution in [0.15, 0.2) is 0 Å². The van der Waals surface area contributed by atoms with Crippen molar-refractivity contribution in [1.82, 2.24) is 0 Å². The average molecular weight is 368 g/mol. The van der Waals surface area contributed by atoms with Gasteiger partial charge in [0, 0.05) is 17.3 Å². The lowest BCUT2D eigenvalue weighted by Crippen LogP contribution is -2.47. The average Bonchev–Trinajstić information content (AvgIpc) is 2.83. The van der Waals surface area contributed by atoms with Gasteiger partial charge in [-0.3, -0.25) is 9.59 Å². The number of hydrogen-bond acceptors (Lipinski definition) is 6. The Morgan fingerprint density at radius 3 is 2.78 bits per heavy atom. The molecule has 2 saturated heterocycles. The molecule has 0 bridgehead atoms. The molecule has 0 amide bonds. The van der Waals surface area contributed by atoms with E-state index in [4.69, 9.17) is 14.2 Å². The standard InChI is InChI=1S/C11H13IO6/c1-2-16-9(14)8-6(5-12)17-10(15)11(8)4-3-7(13)18-11/h6,8H,2-5H2,1H3/t6-,8+,11+/m1/s1. The van der Waals surface area contributed by atoms with Crippen molar-refractivity contribution in [3.63, 3.8) is 0 Å². The van der Waals surface area contributed by atoms with Crippen molar-refractivity contribution in [2.75, 3.05) is 11.0 Å². The summed E-state index contributed by atoms with van der Waals surface area (Å²) in [7, 11) is 0. The summed E-state index contributed by atoms with van der Waals surface area (Å²) in [6.45, 7) is 1.89. The van der Waals surface area contributed by atoms with Crippen molar-refractivity contribution in [3.8, 4) is 0 Å². The van der Waals surface area contributed by atoms with Crippen LogP contribution >= 0.6 is 22.6 Å². The first-order chi connectivity index (χ1) is 8.55. The molecule has 2 heterocycles. The van der Waals surface area contributed by atoms with E-state index in [9.17, 15) is 14.4 Å². The first-order valence-electron chi connectivity index (χ1n) is 5.70. The summed E-state index contributed by atoms with van der Waals surface area (Å²) in [5.74, 6) is -2.50. The van der Waals surface area contributed by atoms with Gasteiger partial charge in [0.1, 0.15) is 12.0 Å². The Morgan fingerprint density at radius 2 is 2.28 bits per heavy atom. The minimum atomic E-state index is -1.46. The van der Waals surface area contributed by atoms with Crippen molar-refractivity contribution in [1.29, 1.82) is 0 Å². The lowest BCUT2D eigenvalue weighted by atomic mass is 9.84. The molecule has 18 heavy (non-hydrogen) atoms. The molecule has 2 rings (SSSR count). The SMILES string of the molecule is CCOC(=O)[C@@H]1[C@@H](CI)OC(=O)[C@]12CCC(=O)O2. The molecule has 7 heteroatoms. The Bertz CT molecular complexity index is 395. The topological polar surface area (TPSA) is 78.9 Å². The normalized spacial score (nSPS) is 34.6. The van der Waals surface area contributed by atoms with E-state index in [2.05, 4.69) is 0 Å². The summed E-state index contributed by atoms with van der Waals surface area (Å²) in [6.07, 6.45) is -0.289. The molecular weight excluding hydrogens is 355 g/mol. The van der Waals surface area contributed by atoms with E-state index in [-0.39, 0.29) is 19.4 Å². The molecule has 0 saturated carbocycles. The molecule has 0 aromatic carbocycles. The fraction of sp³-hybridized carbons (Fsp3) is 0.727. The van der Waals surface area contributed by atoms with Gasteiger partial charge in [-0.2, -0.15) is 0 Å². The summed E-state index contributed by atoms with van der Waals surface area (Å²) in [5.41, 5.74) is -1.46. The zero-order chi connectivity index (χ0) is 13.3. The smallest absolute Gasteiger partial charge is 0.352 e. The highest BCUT2D eigenvalue weighted by molar-refractivity contribution is 14.1. The molecule has 2 aliphatic heterocycles. The first-order valence-corrected chi connectivity index (χ1v) is 7.23. The molecule has 3 atom stereocenters. The third-order valence-electron chi connectivity index (χ3n) is 3.17. The summed E-state index contributed by atoms with van der Waals surface area (Å²) < 4.78 is 15.7. The van der Waals surface area contributed by atoms with Crippen molar-refractivity contribution < 1.29 is 28.6 Å². The maximum absolute atomic E-state index is 12.0. The predicted octanol–water partition coefficient (Wildman–Crippen LogP) is 0.602. The molecule has 6 nitrogen and oxygen atoms in total. The number of hydrogen-bond donors (Lipinski definition) is 0. The number of halogens is 1. The number of ether oxygens (including phenoxy) is 3. The molecule has 0 aromatic rings. The fourth-order valence-corrected chi connectivity index (χ4v) is 3.07. The second kappa shape index (κ2) is 5.02. The van der Waals surface area contributed by atoms with Crippen LogP contribution in [0.3, 0.4) is 0 Å². The van der Waals surface area contributed by atoms with Crippen LogP contribution in [-0.2, 0) is 28.6 Å². The van der Waals surface area contributed by atoms with Crippen LogP contribution in [0.25, 0.3) is 0 Å². The van der Waals surface area contributed by atoms with E-state index >= 15 is 0 Å². The van der Waals surface area contributed by atoms with Gasteiger partial charge in [0.25, 0.3) is 0 Å². The maximum atomic E-state index is 12.0. The van der Waals surface area contributed by atoms with Crippen LogP contribution in [0.2, 0.25) is 0 Å². The number of carbonyl (C=O) groups excluding carboxylic acids is 3. The van der Waals surface area contributed by atoms with Crippen molar-refractivity contribution in [2.45, 2.75) is 31.5 Å². The molecule has 2 fully saturated rings. The molecule has 1 spiro atoms. The van der Waals surface area contributed by atoms with Crippen LogP contribution in [0.5, 0.6) is 0 Å². The van der Waals surface area contributed by atoms with Gasteiger partial charge in [-0.25, -0.2) is 4.79 Å². The van der Waals surface area contributed by atoms with Gasteiger partial charge in [0.05, 0.1) is 6.61 Å². The van der Waals surface area contributed by atoms with Gasteiger partial charge in [-0.15, -0.1) is 0 Å². The second-order valence-electron chi connectivity index (χ2n) is 4.19. The van der Waals surface area contributed by atoms with E-state index in [0.717, 1.165) is 0 Å². The Labute approximate surface area is 117 Å². The second-order valence-corrected chi connectivity index (χ2v) is 5.07. The van der Waals surface area contributed by atoms with Gasteiger partial charge >= 0.3 is 17.9 Å². The highest BCUT2D eigenvalue weighted by Crippen LogP contribution is 2.44. The third-order valence-corrected chi connectivity index (χ3v) is 4.04. The molecule has 0 unspecified atom stereocenters. The van der Waals surface area contributed by atoms with Crippen LogP contribution in [0.1, 0.15) is 19.8 Å². The van der Waals surface area contributed by atoms with Gasteiger partial charge < -0.3 is 14.2 Å². The van der Waals surface area contributed by atoms with Gasteiger partial charge in [0.2, 0.25) is 5.60 Å². The van der Waals surface area contributed by atoms with Crippen LogP contribution in [0.4, 0.5) is 0 Å². The largest absolute Gasteiger partial charge is 0.466 e. The van der Waals surface area contributed by atoms with E-state index in [1.807, 2.05) is 22.6 Å². The van der Waals surface area contributed by atoms with Crippen LogP contribution < -0.4 is 0 Å². The molecule has 2 aliphatic rings. The molecular formula is C11H13IO6. The number of cyclic esters (lactones) is 1. The summed E-state index contributed by atoms with van der Waals surface area (Å²) in [5, 5.41) is 0. The molecule has 100 valence electrons. The molecule has 0 radical (unpaired) electrons. The van der Waals surface area contributed by atoms with E-state index < -0.39 is 35.5 Å². The van der Waals surface area contributed by atoms with Crippen LogP contribution in [-0.4, -0.2) is 40.6 Å². The quantitative estimate of drug-likeness (QED) is 0.314. The van der Waals surface area contributed by atoms with Crippen molar-refractivity contribution in [2.24, 2.45) is 5.92 Å². The Morgan fingerprint density at radius 1 is 1.56 bits per heavy atom. The van der Waals surface area contributed by atoms with E-state index in [1.54, 1.807) is 6.92 Å². The van der Waals surface area contributed by atoms with E-state index in [1.165, 1.54) is 0 Å². The molecule has 0 N–H and O–H groups in total. The minimum absolute atomic E-state index is 0.124. The van der Waals surface area contributed by atoms with Crippen molar-refractivity contribution in [3.05, 3.63) is 0 Å². The maximum Gasteiger partial charge on any atom is 0.352 e. The highest BCUT2D eigenvalue weighted by atomic mass is 127. The summed E-state index contributed by atoms with van der Waals surface area (Å²) in [6, 6.07) is 0. The third kappa shape index (κ3) is 1.98. The molecule has 0 aliphatic carbocycles. The number of rotatable bonds is 3. The minimum Gasteiger partial charge on any atom is -0.466 e. The number of esters is 3. The predicted molar refractivity (Wildman–Crippen MR) is 66.9 cm³/mol. The Balaban J connectivity index is 2.32. The lowest BCUT2D eigenvalue weighted by Gasteiger charge is -2.24. The van der Waals surface area contributed by atoms with Crippen molar-refractivity contribution >= 4 is 40.5 Å². The number of carbonyl (C=O) groups is 3. The van der Waals surface area contributed by atoms with Gasteiger partial charge in [-0.1, -0.05) is 22.6 Å².